The molecular formula is C28H29ClF2N6O6. The molecule has 0 amide bonds. The van der Waals surface area contributed by atoms with Gasteiger partial charge in [-0.05, 0) is 25.1 Å². The molecule has 3 aromatic heterocycles. The Hall–Kier alpha value is -3.88. The number of pyridine rings is 2. The number of hydrogen-bond acceptors (Lipinski definition) is 11. The maximum Gasteiger partial charge on any atom is 0.326 e. The lowest BCUT2D eigenvalue weighted by Gasteiger charge is -2.53. The van der Waals surface area contributed by atoms with Gasteiger partial charge in [0, 0.05) is 31.4 Å². The second-order valence-corrected chi connectivity index (χ2v) is 11.0. The zero-order valence-electron chi connectivity index (χ0n) is 23.3. The van der Waals surface area contributed by atoms with Crippen LogP contribution in [0.4, 0.5) is 20.3 Å². The average molecular weight is 619 g/mol. The van der Waals surface area contributed by atoms with E-state index in [9.17, 15) is 18.7 Å². The van der Waals surface area contributed by atoms with Crippen molar-refractivity contribution in [2.75, 3.05) is 49.8 Å². The summed E-state index contributed by atoms with van der Waals surface area (Å²) in [7, 11) is 1.40. The highest BCUT2D eigenvalue weighted by Gasteiger charge is 2.50. The van der Waals surface area contributed by atoms with Gasteiger partial charge in [0.05, 0.1) is 55.8 Å². The molecule has 1 N–H and O–H groups in total. The minimum atomic E-state index is -3.00. The molecule has 15 heteroatoms. The Bertz CT molecular complexity index is 1510. The fourth-order valence-electron chi connectivity index (χ4n) is 5.73. The molecule has 3 fully saturated rings. The highest BCUT2D eigenvalue weighted by Crippen LogP contribution is 2.40. The number of hydrogen-bond donors (Lipinski definition) is 1. The minimum Gasteiger partial charge on any atom is -0.481 e. The number of nitrogens with zero attached hydrogens (tertiary/aromatic N) is 6. The number of carbonyl (C=O) groups is 1. The summed E-state index contributed by atoms with van der Waals surface area (Å²) in [5.41, 5.74) is 0.683. The SMILES string of the molecule is COc1ncccc1-c1cc(N2C[C@@H](Oc3ncc(Cl)cc3N3CCOC4(COC4)[C@@H]3C)C[C@H]2C(=O)O)nc(C(F)F)n1. The highest BCUT2D eigenvalue weighted by molar-refractivity contribution is 6.30. The second-order valence-electron chi connectivity index (χ2n) is 10.6. The molecule has 0 aromatic carbocycles. The summed E-state index contributed by atoms with van der Waals surface area (Å²) in [6, 6.07) is 5.27. The van der Waals surface area contributed by atoms with Crippen molar-refractivity contribution in [3.05, 3.63) is 47.5 Å². The van der Waals surface area contributed by atoms with E-state index in [4.69, 9.17) is 30.5 Å². The number of anilines is 2. The lowest BCUT2D eigenvalue weighted by molar-refractivity contribution is -0.228. The van der Waals surface area contributed by atoms with Gasteiger partial charge >= 0.3 is 5.97 Å². The Kier molecular flexibility index (Phi) is 7.92. The van der Waals surface area contributed by atoms with E-state index in [0.29, 0.717) is 42.6 Å². The van der Waals surface area contributed by atoms with Gasteiger partial charge in [-0.1, -0.05) is 11.6 Å². The van der Waals surface area contributed by atoms with Crippen LogP contribution in [0.1, 0.15) is 25.6 Å². The molecule has 0 radical (unpaired) electrons. The number of carboxylic acids is 1. The Labute approximate surface area is 250 Å². The first kappa shape index (κ1) is 29.2. The Balaban J connectivity index is 1.31. The summed E-state index contributed by atoms with van der Waals surface area (Å²) in [5.74, 6) is -1.42. The summed E-state index contributed by atoms with van der Waals surface area (Å²) in [6.45, 7) is 4.06. The molecule has 3 aromatic rings. The van der Waals surface area contributed by atoms with Crippen LogP contribution in [0.25, 0.3) is 11.3 Å². The molecular weight excluding hydrogens is 590 g/mol. The molecule has 3 aliphatic rings. The number of carboxylic acid groups (broad SMARTS) is 1. The van der Waals surface area contributed by atoms with Gasteiger partial charge in [0.25, 0.3) is 6.43 Å². The third-order valence-electron chi connectivity index (χ3n) is 8.04. The molecule has 6 heterocycles. The van der Waals surface area contributed by atoms with Crippen molar-refractivity contribution in [1.82, 2.24) is 19.9 Å². The van der Waals surface area contributed by atoms with E-state index in [-0.39, 0.29) is 42.3 Å². The summed E-state index contributed by atoms with van der Waals surface area (Å²) < 4.78 is 51.0. The van der Waals surface area contributed by atoms with Crippen molar-refractivity contribution >= 4 is 29.1 Å². The Morgan fingerprint density at radius 2 is 2.02 bits per heavy atom. The Morgan fingerprint density at radius 3 is 2.72 bits per heavy atom. The molecule has 3 aliphatic heterocycles. The molecule has 0 unspecified atom stereocenters. The fraction of sp³-hybridized carbons (Fsp3) is 0.464. The lowest BCUT2D eigenvalue weighted by atomic mass is 9.90. The number of halogens is 3. The predicted molar refractivity (Wildman–Crippen MR) is 150 cm³/mol. The van der Waals surface area contributed by atoms with Crippen LogP contribution >= 0.6 is 11.6 Å². The first-order chi connectivity index (χ1) is 20.7. The molecule has 6 rings (SSSR count). The number of alkyl halides is 2. The first-order valence-electron chi connectivity index (χ1n) is 13.7. The van der Waals surface area contributed by atoms with Crippen molar-refractivity contribution in [2.45, 2.75) is 43.6 Å². The standard InChI is InChI=1S/C28H29ClF2N6O6/c1-15-28(13-41-14-28)42-7-6-36(15)20-8-16(29)11-33-26(20)43-17-9-21(27(38)39)37(12-17)22-10-19(34-24(35-22)23(30)31)18-4-3-5-32-25(18)40-2/h3-5,8,10-11,15,17,21,23H,6-7,9,12-14H2,1-2H3,(H,38,39)/t15-,17-,21-/m0/s1. The van der Waals surface area contributed by atoms with Gasteiger partial charge in [-0.3, -0.25) is 0 Å². The van der Waals surface area contributed by atoms with Gasteiger partial charge in [0.1, 0.15) is 29.3 Å². The minimum absolute atomic E-state index is 0.0164. The van der Waals surface area contributed by atoms with E-state index in [1.165, 1.54) is 30.5 Å². The fourth-order valence-corrected chi connectivity index (χ4v) is 5.88. The van der Waals surface area contributed by atoms with Gasteiger partial charge in [-0.25, -0.2) is 33.5 Å². The smallest absolute Gasteiger partial charge is 0.326 e. The topological polar surface area (TPSA) is 132 Å². The van der Waals surface area contributed by atoms with Crippen LogP contribution in [-0.4, -0.2) is 94.8 Å². The van der Waals surface area contributed by atoms with Crippen molar-refractivity contribution in [1.29, 1.82) is 0 Å². The zero-order valence-corrected chi connectivity index (χ0v) is 24.1. The quantitative estimate of drug-likeness (QED) is 0.395. The summed E-state index contributed by atoms with van der Waals surface area (Å²) >= 11 is 6.34. The molecule has 0 aliphatic carbocycles. The monoisotopic (exact) mass is 618 g/mol. The van der Waals surface area contributed by atoms with Crippen LogP contribution < -0.4 is 19.3 Å². The largest absolute Gasteiger partial charge is 0.481 e. The van der Waals surface area contributed by atoms with Crippen molar-refractivity contribution in [3.63, 3.8) is 0 Å². The zero-order chi connectivity index (χ0) is 30.3. The van der Waals surface area contributed by atoms with E-state index in [1.807, 2.05) is 6.92 Å². The Morgan fingerprint density at radius 1 is 1.21 bits per heavy atom. The van der Waals surface area contributed by atoms with Crippen LogP contribution in [0.3, 0.4) is 0 Å². The molecule has 1 spiro atoms. The van der Waals surface area contributed by atoms with Gasteiger partial charge in [-0.15, -0.1) is 0 Å². The first-order valence-corrected chi connectivity index (χ1v) is 14.0. The summed E-state index contributed by atoms with van der Waals surface area (Å²) in [4.78, 5) is 32.5. The van der Waals surface area contributed by atoms with Crippen LogP contribution in [0, 0.1) is 0 Å². The third kappa shape index (κ3) is 5.50. The summed E-state index contributed by atoms with van der Waals surface area (Å²) in [5, 5.41) is 10.5. The van der Waals surface area contributed by atoms with E-state index in [0.717, 1.165) is 0 Å². The van der Waals surface area contributed by atoms with Crippen LogP contribution in [-0.2, 0) is 14.3 Å². The normalized spacial score (nSPS) is 23.0. The number of ether oxygens (including phenoxy) is 4. The number of methoxy groups -OCH3 is 1. The van der Waals surface area contributed by atoms with Crippen LogP contribution in [0.15, 0.2) is 36.7 Å². The van der Waals surface area contributed by atoms with Crippen molar-refractivity contribution < 1.29 is 37.6 Å². The molecule has 3 saturated heterocycles. The van der Waals surface area contributed by atoms with Gasteiger partial charge in [0.2, 0.25) is 11.8 Å². The van der Waals surface area contributed by atoms with E-state index in [2.05, 4.69) is 24.8 Å². The number of morpholine rings is 1. The highest BCUT2D eigenvalue weighted by atomic mass is 35.5. The van der Waals surface area contributed by atoms with Crippen LogP contribution in [0.2, 0.25) is 5.02 Å². The summed E-state index contributed by atoms with van der Waals surface area (Å²) in [6.07, 6.45) is -0.651. The van der Waals surface area contributed by atoms with E-state index in [1.54, 1.807) is 18.2 Å². The molecule has 12 nitrogen and oxygen atoms in total. The third-order valence-corrected chi connectivity index (χ3v) is 8.24. The second kappa shape index (κ2) is 11.7. The van der Waals surface area contributed by atoms with Crippen LogP contribution in [0.5, 0.6) is 11.8 Å². The van der Waals surface area contributed by atoms with E-state index >= 15 is 0 Å². The van der Waals surface area contributed by atoms with Gasteiger partial charge in [0.15, 0.2) is 5.82 Å². The molecule has 43 heavy (non-hydrogen) atoms. The molecule has 3 atom stereocenters. The van der Waals surface area contributed by atoms with E-state index < -0.39 is 36.0 Å². The molecule has 228 valence electrons. The predicted octanol–water partition coefficient (Wildman–Crippen LogP) is 3.64. The maximum absolute atomic E-state index is 13.9. The average Bonchev–Trinajstić information content (AvgIpc) is 3.41. The lowest BCUT2D eigenvalue weighted by Crippen LogP contribution is -2.68. The number of aliphatic carboxylic acids is 1. The maximum atomic E-state index is 13.9. The molecule has 0 bridgehead atoms. The van der Waals surface area contributed by atoms with Crippen molar-refractivity contribution in [2.24, 2.45) is 0 Å². The molecule has 0 saturated carbocycles. The van der Waals surface area contributed by atoms with Gasteiger partial charge < -0.3 is 33.9 Å². The number of rotatable bonds is 8. The number of aromatic nitrogens is 4. The van der Waals surface area contributed by atoms with Gasteiger partial charge in [-0.2, -0.15) is 0 Å². The van der Waals surface area contributed by atoms with Crippen molar-refractivity contribution in [3.8, 4) is 23.0 Å².